The number of carbonyl (C=O) groups excluding carboxylic acids is 1. The summed E-state index contributed by atoms with van der Waals surface area (Å²) in [4.78, 5) is 19.9. The van der Waals surface area contributed by atoms with Crippen LogP contribution >= 0.6 is 23.1 Å². The van der Waals surface area contributed by atoms with Gasteiger partial charge in [-0.2, -0.15) is 4.52 Å². The van der Waals surface area contributed by atoms with Gasteiger partial charge in [-0.1, -0.05) is 18.3 Å². The number of halogens is 1. The highest BCUT2D eigenvalue weighted by atomic mass is 32.2. The Kier molecular flexibility index (Phi) is 6.69. The normalized spacial score (nSPS) is 17.4. The number of piperazine rings is 1. The van der Waals surface area contributed by atoms with Crippen LogP contribution in [0.25, 0.3) is 15.9 Å². The molecule has 0 N–H and O–H groups in total. The number of thiazole rings is 1. The van der Waals surface area contributed by atoms with Gasteiger partial charge in [0.1, 0.15) is 11.9 Å². The number of amides is 1. The van der Waals surface area contributed by atoms with Crippen molar-refractivity contribution < 1.29 is 13.9 Å². The highest BCUT2D eigenvalue weighted by molar-refractivity contribution is 7.99. The summed E-state index contributed by atoms with van der Waals surface area (Å²) in [6, 6.07) is 6.74. The van der Waals surface area contributed by atoms with E-state index in [1.54, 1.807) is 27.7 Å². The molecule has 6 rings (SSSR count). The van der Waals surface area contributed by atoms with Crippen LogP contribution in [0.2, 0.25) is 0 Å². The van der Waals surface area contributed by atoms with Crippen LogP contribution in [0, 0.1) is 5.82 Å². The fourth-order valence-electron chi connectivity index (χ4n) is 4.43. The zero-order valence-electron chi connectivity index (χ0n) is 20.6. The molecule has 1 aromatic carbocycles. The zero-order chi connectivity index (χ0) is 25.5. The van der Waals surface area contributed by atoms with Crippen molar-refractivity contribution in [3.05, 3.63) is 30.1 Å². The molecule has 4 heterocycles. The van der Waals surface area contributed by atoms with Crippen LogP contribution in [0.5, 0.6) is 5.88 Å². The number of hydrazine groups is 1. The summed E-state index contributed by atoms with van der Waals surface area (Å²) in [6.45, 7) is 7.89. The summed E-state index contributed by atoms with van der Waals surface area (Å²) < 4.78 is 23.4. The second kappa shape index (κ2) is 10.1. The molecular formula is C24H27FN8O2S2. The number of fused-ring (bicyclic) bond motifs is 2. The minimum Gasteiger partial charge on any atom is -0.473 e. The molecule has 0 bridgehead atoms. The van der Waals surface area contributed by atoms with Gasteiger partial charge in [-0.15, -0.1) is 15.3 Å². The van der Waals surface area contributed by atoms with Gasteiger partial charge in [0.15, 0.2) is 5.65 Å². The fraction of sp³-hybridized carbons (Fsp3) is 0.458. The predicted octanol–water partition coefficient (Wildman–Crippen LogP) is 3.86. The van der Waals surface area contributed by atoms with Crippen molar-refractivity contribution in [2.75, 3.05) is 37.7 Å². The van der Waals surface area contributed by atoms with Crippen LogP contribution in [-0.2, 0) is 4.79 Å². The molecule has 3 aromatic heterocycles. The van der Waals surface area contributed by atoms with Crippen LogP contribution in [0.3, 0.4) is 0 Å². The first-order valence-electron chi connectivity index (χ1n) is 12.4. The average Bonchev–Trinajstić information content (AvgIpc) is 3.45. The summed E-state index contributed by atoms with van der Waals surface area (Å²) in [5.41, 5.74) is 1.07. The van der Waals surface area contributed by atoms with Gasteiger partial charge in [-0.05, 0) is 49.7 Å². The number of carbonyl (C=O) groups is 1. The summed E-state index contributed by atoms with van der Waals surface area (Å²) in [7, 11) is 0. The zero-order valence-corrected chi connectivity index (χ0v) is 22.3. The smallest absolute Gasteiger partial charge is 0.240 e. The molecule has 13 heteroatoms. The maximum Gasteiger partial charge on any atom is 0.240 e. The maximum atomic E-state index is 15.2. The maximum absolute atomic E-state index is 15.2. The molecule has 1 aliphatic heterocycles. The van der Waals surface area contributed by atoms with Gasteiger partial charge >= 0.3 is 0 Å². The number of aromatic nitrogens is 5. The van der Waals surface area contributed by atoms with E-state index in [-0.39, 0.29) is 12.0 Å². The Morgan fingerprint density at radius 3 is 2.73 bits per heavy atom. The van der Waals surface area contributed by atoms with E-state index in [0.717, 1.165) is 62.0 Å². The fourth-order valence-corrected chi connectivity index (χ4v) is 6.40. The third-order valence-electron chi connectivity index (χ3n) is 6.74. The standard InChI is InChI=1S/C24H27FN8O2S2/c1-3-30-9-11-31(12-10-30)33(15(2)34)23-26-18-13-17(25)19(14-20(18)37-23)36-24-28-27-21-7-8-22(29-32(21)24)35-16-5-4-6-16/h7-8,13-14,16H,3-6,9-12H2,1-2H3. The van der Waals surface area contributed by atoms with Crippen LogP contribution in [0.15, 0.2) is 34.3 Å². The minimum absolute atomic E-state index is 0.111. The van der Waals surface area contributed by atoms with E-state index < -0.39 is 5.82 Å². The molecule has 1 saturated heterocycles. The van der Waals surface area contributed by atoms with E-state index in [9.17, 15) is 4.79 Å². The topological polar surface area (TPSA) is 92.0 Å². The van der Waals surface area contributed by atoms with Gasteiger partial charge in [0.2, 0.25) is 22.1 Å². The Bertz CT molecular complexity index is 1450. The van der Waals surface area contributed by atoms with Crippen molar-refractivity contribution in [1.29, 1.82) is 0 Å². The molecule has 37 heavy (non-hydrogen) atoms. The van der Waals surface area contributed by atoms with Crippen molar-refractivity contribution in [2.24, 2.45) is 0 Å². The van der Waals surface area contributed by atoms with Gasteiger partial charge in [0.25, 0.3) is 0 Å². The molecule has 1 amide bonds. The number of benzene rings is 1. The van der Waals surface area contributed by atoms with Crippen molar-refractivity contribution in [1.82, 2.24) is 34.7 Å². The van der Waals surface area contributed by atoms with E-state index >= 15 is 4.39 Å². The van der Waals surface area contributed by atoms with Crippen LogP contribution < -0.4 is 9.75 Å². The number of hydrogen-bond acceptors (Lipinski definition) is 10. The van der Waals surface area contributed by atoms with E-state index in [0.29, 0.717) is 32.2 Å². The number of rotatable bonds is 7. The molecule has 4 aromatic rings. The molecule has 0 spiro atoms. The number of ether oxygens (including phenoxy) is 1. The lowest BCUT2D eigenvalue weighted by atomic mass is 9.96. The first-order chi connectivity index (χ1) is 18.0. The summed E-state index contributed by atoms with van der Waals surface area (Å²) in [5, 5.41) is 17.5. The third kappa shape index (κ3) is 4.88. The second-order valence-corrected chi connectivity index (χ2v) is 11.2. The Labute approximate surface area is 221 Å². The van der Waals surface area contributed by atoms with Crippen molar-refractivity contribution in [3.63, 3.8) is 0 Å². The van der Waals surface area contributed by atoms with Gasteiger partial charge in [0, 0.05) is 45.2 Å². The monoisotopic (exact) mass is 542 g/mol. The Morgan fingerprint density at radius 2 is 2.03 bits per heavy atom. The van der Waals surface area contributed by atoms with Crippen molar-refractivity contribution in [2.45, 2.75) is 49.3 Å². The average molecular weight is 543 g/mol. The lowest BCUT2D eigenvalue weighted by Crippen LogP contribution is -2.55. The first-order valence-corrected chi connectivity index (χ1v) is 14.1. The highest BCUT2D eigenvalue weighted by Gasteiger charge is 2.27. The van der Waals surface area contributed by atoms with Crippen LogP contribution in [0.4, 0.5) is 9.52 Å². The van der Waals surface area contributed by atoms with E-state index in [2.05, 4.69) is 32.1 Å². The van der Waals surface area contributed by atoms with Crippen LogP contribution in [-0.4, -0.2) is 79.4 Å². The molecule has 0 radical (unpaired) electrons. The van der Waals surface area contributed by atoms with Crippen molar-refractivity contribution in [3.8, 4) is 5.88 Å². The predicted molar refractivity (Wildman–Crippen MR) is 140 cm³/mol. The van der Waals surface area contributed by atoms with Gasteiger partial charge in [0.05, 0.1) is 15.1 Å². The molecule has 1 saturated carbocycles. The van der Waals surface area contributed by atoms with Crippen molar-refractivity contribution >= 4 is 50.0 Å². The molecule has 0 atom stereocenters. The Hall–Kier alpha value is -2.87. The van der Waals surface area contributed by atoms with Crippen LogP contribution in [0.1, 0.15) is 33.1 Å². The lowest BCUT2D eigenvalue weighted by Gasteiger charge is -2.39. The van der Waals surface area contributed by atoms with Gasteiger partial charge < -0.3 is 9.64 Å². The Balaban J connectivity index is 1.27. The van der Waals surface area contributed by atoms with E-state index in [4.69, 9.17) is 4.74 Å². The highest BCUT2D eigenvalue weighted by Crippen LogP contribution is 2.37. The molecule has 0 unspecified atom stereocenters. The second-order valence-electron chi connectivity index (χ2n) is 9.16. The summed E-state index contributed by atoms with van der Waals surface area (Å²) >= 11 is 2.52. The summed E-state index contributed by atoms with van der Waals surface area (Å²) in [5.74, 6) is -0.0233. The molecule has 2 fully saturated rings. The Morgan fingerprint density at radius 1 is 1.22 bits per heavy atom. The quantitative estimate of drug-likeness (QED) is 0.345. The van der Waals surface area contributed by atoms with Gasteiger partial charge in [-0.3, -0.25) is 4.79 Å². The summed E-state index contributed by atoms with van der Waals surface area (Å²) in [6.07, 6.45) is 3.42. The molecule has 10 nitrogen and oxygen atoms in total. The molecule has 194 valence electrons. The first kappa shape index (κ1) is 24.5. The third-order valence-corrected chi connectivity index (χ3v) is 8.70. The van der Waals surface area contributed by atoms with Gasteiger partial charge in [-0.25, -0.2) is 19.4 Å². The number of nitrogens with zero attached hydrogens (tertiary/aromatic N) is 8. The lowest BCUT2D eigenvalue weighted by molar-refractivity contribution is -0.120. The number of hydrogen-bond donors (Lipinski definition) is 0. The molecular weight excluding hydrogens is 515 g/mol. The molecule has 2 aliphatic rings. The molecule has 1 aliphatic carbocycles. The SMILES string of the molecule is CCN1CCN(N(C(C)=O)c2nc3cc(F)c(Sc4nnc5ccc(OC6CCC6)nn45)cc3s2)CC1. The number of likely N-dealkylation sites (N-methyl/N-ethyl adjacent to an activating group) is 1. The van der Waals surface area contributed by atoms with E-state index in [1.807, 2.05) is 5.01 Å². The largest absolute Gasteiger partial charge is 0.473 e. The minimum atomic E-state index is -0.418. The number of anilines is 1. The van der Waals surface area contributed by atoms with E-state index in [1.165, 1.54) is 30.7 Å².